The molecule has 0 bridgehead atoms. The van der Waals surface area contributed by atoms with Crippen LogP contribution in [-0.4, -0.2) is 95.0 Å². The van der Waals surface area contributed by atoms with Gasteiger partial charge in [-0.2, -0.15) is 5.10 Å². The Kier molecular flexibility index (Phi) is 4.50. The van der Waals surface area contributed by atoms with Gasteiger partial charge in [0, 0.05) is 18.8 Å². The van der Waals surface area contributed by atoms with Crippen LogP contribution in [0, 0.1) is 0 Å². The first kappa shape index (κ1) is 17.5. The van der Waals surface area contributed by atoms with Crippen molar-refractivity contribution in [2.45, 2.75) is 24.5 Å². The maximum atomic E-state index is 10.2. The topological polar surface area (TPSA) is 142 Å². The Morgan fingerprint density at radius 3 is 2.71 bits per heavy atom. The molecule has 0 aliphatic carbocycles. The molecule has 0 spiro atoms. The molecule has 10 nitrogen and oxygen atoms in total. The Labute approximate surface area is 156 Å². The molecule has 5 N–H and O–H groups in total. The van der Waals surface area contributed by atoms with Crippen LogP contribution in [0.3, 0.4) is 0 Å². The van der Waals surface area contributed by atoms with Gasteiger partial charge in [0.05, 0.1) is 12.0 Å². The van der Waals surface area contributed by atoms with Gasteiger partial charge in [0.15, 0.2) is 17.9 Å². The fourth-order valence-electron chi connectivity index (χ4n) is 3.07. The summed E-state index contributed by atoms with van der Waals surface area (Å²) >= 11 is 0. The summed E-state index contributed by atoms with van der Waals surface area (Å²) in [5.41, 5.74) is 7.10. The number of amidine groups is 1. The van der Waals surface area contributed by atoms with Gasteiger partial charge < -0.3 is 30.4 Å². The number of rotatable bonds is 2. The van der Waals surface area contributed by atoms with Crippen molar-refractivity contribution < 1.29 is 20.1 Å². The standard InChI is InChI=1S/C13H16N6O4.Pb.2H/c1-18-11-7-5(10(14)17-18)2-19(12(7)16-4-15-11)13-9(22)8(21)6(3-20)23-13;;;/h2,4,6,8-9,13,20-22H,3H2,1H3,(H2,14,17);;;/t6-,8-,9-,13-;;;/m1.../s1. The molecule has 1 saturated heterocycles. The molecule has 128 valence electrons. The molecule has 2 radical (unpaired) electrons. The summed E-state index contributed by atoms with van der Waals surface area (Å²) in [4.78, 5) is 8.45. The molecule has 1 fully saturated rings. The maximum absolute atomic E-state index is 10.2. The third-order valence-corrected chi connectivity index (χ3v) is 4.22. The third kappa shape index (κ3) is 2.32. The van der Waals surface area contributed by atoms with E-state index in [1.165, 1.54) is 6.33 Å². The van der Waals surface area contributed by atoms with Gasteiger partial charge in [-0.3, -0.25) is 0 Å². The van der Waals surface area contributed by atoms with Crippen LogP contribution in [0.1, 0.15) is 11.8 Å². The van der Waals surface area contributed by atoms with Crippen molar-refractivity contribution in [2.75, 3.05) is 18.7 Å². The van der Waals surface area contributed by atoms with Crippen molar-refractivity contribution in [1.29, 1.82) is 0 Å². The van der Waals surface area contributed by atoms with Crippen LogP contribution in [0.2, 0.25) is 0 Å². The van der Waals surface area contributed by atoms with E-state index >= 15 is 0 Å². The Bertz CT molecular complexity index is 811. The zero-order valence-electron chi connectivity index (χ0n) is 12.9. The number of hydrogen-bond acceptors (Lipinski definition) is 9. The van der Waals surface area contributed by atoms with E-state index in [4.69, 9.17) is 10.5 Å². The molecule has 0 aromatic carbocycles. The number of hydrogen-bond donors (Lipinski definition) is 4. The minimum atomic E-state index is -1.20. The summed E-state index contributed by atoms with van der Waals surface area (Å²) in [5, 5.41) is 35.9. The van der Waals surface area contributed by atoms with Gasteiger partial charge in [-0.1, -0.05) is 0 Å². The predicted molar refractivity (Wildman–Crippen MR) is 88.2 cm³/mol. The summed E-state index contributed by atoms with van der Waals surface area (Å²) in [5.74, 6) is 0.884. The Hall–Kier alpha value is -1.35. The van der Waals surface area contributed by atoms with Crippen molar-refractivity contribution in [3.05, 3.63) is 18.1 Å². The zero-order chi connectivity index (χ0) is 16.3. The predicted octanol–water partition coefficient (Wildman–Crippen LogP) is -2.80. The minimum absolute atomic E-state index is 0. The van der Waals surface area contributed by atoms with E-state index in [0.29, 0.717) is 28.3 Å². The Balaban J connectivity index is 0.00000169. The molecular weight excluding hydrogens is 511 g/mol. The second-order valence-electron chi connectivity index (χ2n) is 5.58. The average molecular weight is 530 g/mol. The molecule has 4 rings (SSSR count). The van der Waals surface area contributed by atoms with Gasteiger partial charge in [-0.25, -0.2) is 15.0 Å². The Morgan fingerprint density at radius 2 is 2.04 bits per heavy atom. The van der Waals surface area contributed by atoms with E-state index in [1.807, 2.05) is 0 Å². The first-order valence-electron chi connectivity index (χ1n) is 7.09. The second-order valence-corrected chi connectivity index (χ2v) is 5.58. The van der Waals surface area contributed by atoms with Gasteiger partial charge in [-0.15, -0.1) is 0 Å². The number of aliphatic hydroxyl groups excluding tert-OH is 3. The van der Waals surface area contributed by atoms with E-state index in [-0.39, 0.29) is 27.3 Å². The molecule has 4 atom stereocenters. The van der Waals surface area contributed by atoms with Crippen molar-refractivity contribution in [1.82, 2.24) is 14.5 Å². The average Bonchev–Trinajstić information content (AvgIpc) is 3.05. The van der Waals surface area contributed by atoms with Gasteiger partial charge in [0.2, 0.25) is 0 Å². The molecular formula is C13H18N6O4Pb. The van der Waals surface area contributed by atoms with E-state index in [0.717, 1.165) is 0 Å². The summed E-state index contributed by atoms with van der Waals surface area (Å²) in [7, 11) is 1.72. The van der Waals surface area contributed by atoms with Crippen molar-refractivity contribution in [3.8, 4) is 0 Å². The van der Waals surface area contributed by atoms with Crippen LogP contribution < -0.4 is 10.7 Å². The van der Waals surface area contributed by atoms with Crippen LogP contribution in [0.15, 0.2) is 17.6 Å². The summed E-state index contributed by atoms with van der Waals surface area (Å²) in [6.45, 7) is -0.395. The monoisotopic (exact) mass is 530 g/mol. The molecule has 2 aliphatic heterocycles. The SMILES string of the molecule is CN1N=C(N)c2cn([C@@H]3O[C@H](CO)[C@@H](O)[C@H]3O)c3ncnc1c23.[PbH2]. The van der Waals surface area contributed by atoms with E-state index in [1.54, 1.807) is 22.8 Å². The molecule has 2 aromatic heterocycles. The molecule has 2 aliphatic rings. The van der Waals surface area contributed by atoms with E-state index < -0.39 is 31.1 Å². The number of nitrogens with two attached hydrogens (primary N) is 1. The fourth-order valence-corrected chi connectivity index (χ4v) is 3.07. The van der Waals surface area contributed by atoms with Gasteiger partial charge in [-0.05, 0) is 0 Å². The van der Waals surface area contributed by atoms with Gasteiger partial charge in [0.25, 0.3) is 0 Å². The number of ether oxygens (including phenoxy) is 1. The van der Waals surface area contributed by atoms with E-state index in [9.17, 15) is 15.3 Å². The molecule has 4 heterocycles. The Morgan fingerprint density at radius 1 is 1.29 bits per heavy atom. The quantitative estimate of drug-likeness (QED) is 0.306. The normalized spacial score (nSPS) is 28.8. The van der Waals surface area contributed by atoms with Crippen molar-refractivity contribution in [3.63, 3.8) is 0 Å². The van der Waals surface area contributed by atoms with Crippen molar-refractivity contribution in [2.24, 2.45) is 10.8 Å². The summed E-state index contributed by atoms with van der Waals surface area (Å²) in [6.07, 6.45) is -1.10. The molecule has 0 amide bonds. The third-order valence-electron chi connectivity index (χ3n) is 4.22. The van der Waals surface area contributed by atoms with Crippen LogP contribution in [0.25, 0.3) is 11.0 Å². The van der Waals surface area contributed by atoms with Crippen LogP contribution in [0.4, 0.5) is 5.82 Å². The first-order valence-corrected chi connectivity index (χ1v) is 7.09. The molecule has 24 heavy (non-hydrogen) atoms. The van der Waals surface area contributed by atoms with Crippen molar-refractivity contribution >= 4 is 50.0 Å². The van der Waals surface area contributed by atoms with E-state index in [2.05, 4.69) is 15.1 Å². The fraction of sp³-hybridized carbons (Fsp3) is 0.462. The number of aliphatic hydroxyl groups is 3. The van der Waals surface area contributed by atoms with Gasteiger partial charge >= 0.3 is 27.3 Å². The molecule has 0 saturated carbocycles. The number of hydrazone groups is 1. The van der Waals surface area contributed by atoms with Gasteiger partial charge in [0.1, 0.15) is 30.3 Å². The summed E-state index contributed by atoms with van der Waals surface area (Å²) < 4.78 is 7.15. The number of nitrogens with zero attached hydrogens (tertiary/aromatic N) is 5. The number of aromatic nitrogens is 3. The summed E-state index contributed by atoms with van der Waals surface area (Å²) in [6, 6.07) is 0. The first-order chi connectivity index (χ1) is 11.0. The second kappa shape index (κ2) is 6.18. The van der Waals surface area contributed by atoms with Crippen LogP contribution >= 0.6 is 0 Å². The van der Waals surface area contributed by atoms with Crippen LogP contribution in [0.5, 0.6) is 0 Å². The molecule has 0 unspecified atom stereocenters. The molecule has 2 aromatic rings. The molecule has 11 heteroatoms. The zero-order valence-corrected chi connectivity index (χ0v) is 18.4. The number of anilines is 1. The van der Waals surface area contributed by atoms with Crippen LogP contribution in [-0.2, 0) is 4.74 Å².